The monoisotopic (exact) mass is 236 g/mol. The summed E-state index contributed by atoms with van der Waals surface area (Å²) in [5, 5.41) is 8.80. The van der Waals surface area contributed by atoms with Crippen molar-refractivity contribution in [1.82, 2.24) is 4.98 Å². The predicted molar refractivity (Wildman–Crippen MR) is 53.3 cm³/mol. The van der Waals surface area contributed by atoms with E-state index >= 15 is 0 Å². The van der Waals surface area contributed by atoms with Gasteiger partial charge in [0.25, 0.3) is 0 Å². The van der Waals surface area contributed by atoms with Crippen LogP contribution in [0.3, 0.4) is 0 Å². The van der Waals surface area contributed by atoms with Gasteiger partial charge in [-0.1, -0.05) is 0 Å². The van der Waals surface area contributed by atoms with Crippen LogP contribution in [-0.2, 0) is 12.8 Å². The maximum absolute atomic E-state index is 8.80. The third-order valence-electron chi connectivity index (χ3n) is 2.37. The number of hydrogen-bond acceptors (Lipinski definition) is 2. The largest absolute Gasteiger partial charge is 0.244 e. The quantitative estimate of drug-likeness (QED) is 0.650. The Morgan fingerprint density at radius 3 is 2.92 bits per heavy atom. The van der Waals surface area contributed by atoms with Crippen LogP contribution in [0.2, 0.25) is 0 Å². The fourth-order valence-corrected chi connectivity index (χ4v) is 2.10. The minimum Gasteiger partial charge on any atom is -0.244 e. The third-order valence-corrected chi connectivity index (χ3v) is 2.98. The van der Waals surface area contributed by atoms with Crippen molar-refractivity contribution in [3.63, 3.8) is 0 Å². The molecule has 0 aromatic carbocycles. The molecule has 1 aromatic heterocycles. The summed E-state index contributed by atoms with van der Waals surface area (Å²) in [7, 11) is 0. The van der Waals surface area contributed by atoms with Gasteiger partial charge in [-0.2, -0.15) is 5.26 Å². The lowest BCUT2D eigenvalue weighted by Crippen LogP contribution is -2.06. The Morgan fingerprint density at radius 2 is 2.15 bits per heavy atom. The number of aromatic nitrogens is 1. The molecule has 0 bridgehead atoms. The molecule has 0 atom stereocenters. The van der Waals surface area contributed by atoms with Crippen LogP contribution in [0.15, 0.2) is 10.7 Å². The van der Waals surface area contributed by atoms with Crippen LogP contribution in [0.1, 0.15) is 29.7 Å². The molecule has 0 aliphatic heterocycles. The van der Waals surface area contributed by atoms with Gasteiger partial charge in [0.1, 0.15) is 10.7 Å². The summed E-state index contributed by atoms with van der Waals surface area (Å²) in [6.45, 7) is 0. The maximum Gasteiger partial charge on any atom is 0.124 e. The Balaban J connectivity index is 2.52. The number of aryl methyl sites for hydroxylation is 2. The molecule has 0 N–H and O–H groups in total. The highest BCUT2D eigenvalue weighted by atomic mass is 79.9. The molecular formula is C10H9BrN2. The number of nitrogens with zero attached hydrogens (tertiary/aromatic N) is 2. The van der Waals surface area contributed by atoms with Crippen molar-refractivity contribution in [3.8, 4) is 6.07 Å². The van der Waals surface area contributed by atoms with E-state index in [2.05, 4.69) is 27.0 Å². The molecule has 1 aromatic rings. The molecule has 3 heteroatoms. The Morgan fingerprint density at radius 1 is 1.38 bits per heavy atom. The normalized spacial score (nSPS) is 14.8. The highest BCUT2D eigenvalue weighted by Crippen LogP contribution is 2.24. The van der Waals surface area contributed by atoms with E-state index in [9.17, 15) is 0 Å². The first-order valence-electron chi connectivity index (χ1n) is 4.39. The fourth-order valence-electron chi connectivity index (χ4n) is 1.69. The van der Waals surface area contributed by atoms with Gasteiger partial charge in [-0.3, -0.25) is 0 Å². The first kappa shape index (κ1) is 8.71. The Labute approximate surface area is 85.7 Å². The molecule has 0 unspecified atom stereocenters. The Hall–Kier alpha value is -0.880. The number of fused-ring (bicyclic) bond motifs is 1. The molecule has 0 radical (unpaired) electrons. The third kappa shape index (κ3) is 1.59. The molecule has 1 aliphatic carbocycles. The second-order valence-corrected chi connectivity index (χ2v) is 4.00. The molecule has 1 aliphatic rings. The summed E-state index contributed by atoms with van der Waals surface area (Å²) in [6.07, 6.45) is 4.57. The standard InChI is InChI=1S/C10H9BrN2/c11-10-8(6-12)5-7-3-1-2-4-9(7)13-10/h5H,1-4H2. The second kappa shape index (κ2) is 3.47. The van der Waals surface area contributed by atoms with Crippen molar-refractivity contribution in [2.24, 2.45) is 0 Å². The molecule has 66 valence electrons. The maximum atomic E-state index is 8.80. The number of pyridine rings is 1. The summed E-state index contributed by atoms with van der Waals surface area (Å²) < 4.78 is 0.690. The molecule has 2 nitrogen and oxygen atoms in total. The average molecular weight is 237 g/mol. The van der Waals surface area contributed by atoms with Gasteiger partial charge in [0.2, 0.25) is 0 Å². The molecule has 1 heterocycles. The predicted octanol–water partition coefficient (Wildman–Crippen LogP) is 2.59. The van der Waals surface area contributed by atoms with Crippen molar-refractivity contribution in [2.45, 2.75) is 25.7 Å². The van der Waals surface area contributed by atoms with Crippen LogP contribution in [0.4, 0.5) is 0 Å². The van der Waals surface area contributed by atoms with Gasteiger partial charge in [-0.05, 0) is 53.2 Å². The topological polar surface area (TPSA) is 36.7 Å². The van der Waals surface area contributed by atoms with Gasteiger partial charge in [0.15, 0.2) is 0 Å². The van der Waals surface area contributed by atoms with E-state index in [0.29, 0.717) is 10.2 Å². The van der Waals surface area contributed by atoms with Crippen LogP contribution >= 0.6 is 15.9 Å². The van der Waals surface area contributed by atoms with Gasteiger partial charge in [-0.25, -0.2) is 4.98 Å². The molecule has 13 heavy (non-hydrogen) atoms. The first-order valence-corrected chi connectivity index (χ1v) is 5.19. The van der Waals surface area contributed by atoms with E-state index in [0.717, 1.165) is 18.5 Å². The van der Waals surface area contributed by atoms with E-state index in [1.165, 1.54) is 18.4 Å². The average Bonchev–Trinajstić information content (AvgIpc) is 2.17. The highest BCUT2D eigenvalue weighted by Gasteiger charge is 2.13. The zero-order valence-electron chi connectivity index (χ0n) is 7.18. The van der Waals surface area contributed by atoms with E-state index in [1.807, 2.05) is 6.07 Å². The van der Waals surface area contributed by atoms with Crippen LogP contribution < -0.4 is 0 Å². The Kier molecular flexibility index (Phi) is 2.32. The van der Waals surface area contributed by atoms with Crippen LogP contribution in [0, 0.1) is 11.3 Å². The molecule has 0 saturated carbocycles. The lowest BCUT2D eigenvalue weighted by Gasteiger charge is -2.14. The first-order chi connectivity index (χ1) is 6.31. The smallest absolute Gasteiger partial charge is 0.124 e. The SMILES string of the molecule is N#Cc1cc2c(nc1Br)CCCC2. The molecular weight excluding hydrogens is 228 g/mol. The van der Waals surface area contributed by atoms with E-state index in [1.54, 1.807) is 0 Å². The van der Waals surface area contributed by atoms with Gasteiger partial charge in [0, 0.05) is 5.69 Å². The molecule has 0 fully saturated rings. The van der Waals surface area contributed by atoms with Gasteiger partial charge in [0.05, 0.1) is 5.56 Å². The number of hydrogen-bond donors (Lipinski definition) is 0. The summed E-state index contributed by atoms with van der Waals surface area (Å²) in [4.78, 5) is 4.38. The summed E-state index contributed by atoms with van der Waals surface area (Å²) in [5.74, 6) is 0. The van der Waals surface area contributed by atoms with Gasteiger partial charge in [-0.15, -0.1) is 0 Å². The number of rotatable bonds is 0. The molecule has 0 amide bonds. The van der Waals surface area contributed by atoms with Crippen LogP contribution in [0.25, 0.3) is 0 Å². The summed E-state index contributed by atoms with van der Waals surface area (Å²) in [5.41, 5.74) is 3.07. The summed E-state index contributed by atoms with van der Waals surface area (Å²) in [6, 6.07) is 4.10. The van der Waals surface area contributed by atoms with Crippen molar-refractivity contribution < 1.29 is 0 Å². The van der Waals surface area contributed by atoms with E-state index < -0.39 is 0 Å². The molecule has 2 rings (SSSR count). The zero-order valence-corrected chi connectivity index (χ0v) is 8.76. The fraction of sp³-hybridized carbons (Fsp3) is 0.400. The van der Waals surface area contributed by atoms with Gasteiger partial charge < -0.3 is 0 Å². The van der Waals surface area contributed by atoms with Crippen molar-refractivity contribution in [1.29, 1.82) is 5.26 Å². The lowest BCUT2D eigenvalue weighted by atomic mass is 9.95. The van der Waals surface area contributed by atoms with Gasteiger partial charge >= 0.3 is 0 Å². The van der Waals surface area contributed by atoms with Crippen LogP contribution in [0.5, 0.6) is 0 Å². The minimum atomic E-state index is 0.653. The van der Waals surface area contributed by atoms with Crippen molar-refractivity contribution >= 4 is 15.9 Å². The highest BCUT2D eigenvalue weighted by molar-refractivity contribution is 9.10. The number of halogens is 1. The van der Waals surface area contributed by atoms with Crippen LogP contribution in [-0.4, -0.2) is 4.98 Å². The molecule has 0 spiro atoms. The lowest BCUT2D eigenvalue weighted by molar-refractivity contribution is 0.665. The van der Waals surface area contributed by atoms with Crippen molar-refractivity contribution in [3.05, 3.63) is 27.5 Å². The summed E-state index contributed by atoms with van der Waals surface area (Å²) >= 11 is 3.30. The Bertz CT molecular complexity index is 379. The molecule has 0 saturated heterocycles. The zero-order chi connectivity index (χ0) is 9.26. The minimum absolute atomic E-state index is 0.653. The second-order valence-electron chi connectivity index (χ2n) is 3.25. The van der Waals surface area contributed by atoms with E-state index in [-0.39, 0.29) is 0 Å². The number of nitriles is 1. The van der Waals surface area contributed by atoms with E-state index in [4.69, 9.17) is 5.26 Å². The van der Waals surface area contributed by atoms with Crippen molar-refractivity contribution in [2.75, 3.05) is 0 Å².